The van der Waals surface area contributed by atoms with Gasteiger partial charge in [-0.1, -0.05) is 31.4 Å². The normalized spacial score (nSPS) is 29.6. The standard InChI is InChI=1S/C16H29NO/c1-13-9-14(2)11-15(10-13)12-17-7-8-18-16-5-3-4-6-16/h9,13,15-17H,3-8,10-12H2,1-2H3. The predicted molar refractivity (Wildman–Crippen MR) is 76.7 cm³/mol. The number of rotatable bonds is 6. The van der Waals surface area contributed by atoms with Gasteiger partial charge in [-0.2, -0.15) is 0 Å². The summed E-state index contributed by atoms with van der Waals surface area (Å²) in [7, 11) is 0. The van der Waals surface area contributed by atoms with E-state index < -0.39 is 0 Å². The molecular formula is C16H29NO. The van der Waals surface area contributed by atoms with E-state index in [0.29, 0.717) is 6.10 Å². The zero-order valence-electron chi connectivity index (χ0n) is 12.1. The van der Waals surface area contributed by atoms with Crippen LogP contribution < -0.4 is 5.32 Å². The highest BCUT2D eigenvalue weighted by Gasteiger charge is 2.18. The predicted octanol–water partition coefficient (Wildman–Crippen LogP) is 3.53. The molecule has 2 rings (SSSR count). The van der Waals surface area contributed by atoms with Gasteiger partial charge in [0.15, 0.2) is 0 Å². The number of hydrogen-bond acceptors (Lipinski definition) is 2. The molecule has 1 N–H and O–H groups in total. The first-order valence-electron chi connectivity index (χ1n) is 7.73. The van der Waals surface area contributed by atoms with Crippen molar-refractivity contribution in [1.29, 1.82) is 0 Å². The second-order valence-corrected chi connectivity index (χ2v) is 6.28. The van der Waals surface area contributed by atoms with Crippen LogP contribution in [0.2, 0.25) is 0 Å². The molecular weight excluding hydrogens is 222 g/mol. The second-order valence-electron chi connectivity index (χ2n) is 6.28. The number of hydrogen-bond donors (Lipinski definition) is 1. The van der Waals surface area contributed by atoms with Crippen LogP contribution in [0.25, 0.3) is 0 Å². The topological polar surface area (TPSA) is 21.3 Å². The van der Waals surface area contributed by atoms with E-state index >= 15 is 0 Å². The molecule has 2 aliphatic carbocycles. The molecule has 2 heteroatoms. The van der Waals surface area contributed by atoms with E-state index in [9.17, 15) is 0 Å². The number of allylic oxidation sites excluding steroid dienone is 2. The van der Waals surface area contributed by atoms with Gasteiger partial charge in [0.25, 0.3) is 0 Å². The first-order valence-corrected chi connectivity index (χ1v) is 7.73. The number of ether oxygens (including phenoxy) is 1. The van der Waals surface area contributed by atoms with Crippen LogP contribution in [0.4, 0.5) is 0 Å². The van der Waals surface area contributed by atoms with Crippen LogP contribution >= 0.6 is 0 Å². The summed E-state index contributed by atoms with van der Waals surface area (Å²) in [6.45, 7) is 7.67. The van der Waals surface area contributed by atoms with Crippen LogP contribution in [0.15, 0.2) is 11.6 Å². The molecule has 0 saturated heterocycles. The largest absolute Gasteiger partial charge is 0.377 e. The van der Waals surface area contributed by atoms with Crippen molar-refractivity contribution in [2.45, 2.75) is 58.5 Å². The molecule has 2 unspecified atom stereocenters. The molecule has 2 nitrogen and oxygen atoms in total. The van der Waals surface area contributed by atoms with Gasteiger partial charge < -0.3 is 10.1 Å². The van der Waals surface area contributed by atoms with Crippen molar-refractivity contribution < 1.29 is 4.74 Å². The van der Waals surface area contributed by atoms with Crippen LogP contribution in [0.3, 0.4) is 0 Å². The highest BCUT2D eigenvalue weighted by molar-refractivity contribution is 5.06. The zero-order chi connectivity index (χ0) is 12.8. The summed E-state index contributed by atoms with van der Waals surface area (Å²) in [5.74, 6) is 1.59. The van der Waals surface area contributed by atoms with Crippen LogP contribution in [0.1, 0.15) is 52.4 Å². The summed E-state index contributed by atoms with van der Waals surface area (Å²) < 4.78 is 5.86. The van der Waals surface area contributed by atoms with Gasteiger partial charge in [-0.3, -0.25) is 0 Å². The first kappa shape index (κ1) is 14.1. The summed E-state index contributed by atoms with van der Waals surface area (Å²) in [4.78, 5) is 0. The maximum absolute atomic E-state index is 5.86. The third-order valence-corrected chi connectivity index (χ3v) is 4.25. The van der Waals surface area contributed by atoms with Crippen molar-refractivity contribution in [3.8, 4) is 0 Å². The molecule has 0 amide bonds. The van der Waals surface area contributed by atoms with Crippen molar-refractivity contribution in [3.05, 3.63) is 11.6 Å². The lowest BCUT2D eigenvalue weighted by atomic mass is 9.84. The van der Waals surface area contributed by atoms with Gasteiger partial charge >= 0.3 is 0 Å². The first-order chi connectivity index (χ1) is 8.74. The van der Waals surface area contributed by atoms with E-state index in [1.54, 1.807) is 5.57 Å². The lowest BCUT2D eigenvalue weighted by Crippen LogP contribution is -2.29. The zero-order valence-corrected chi connectivity index (χ0v) is 12.1. The number of nitrogens with one attached hydrogen (secondary N) is 1. The molecule has 0 heterocycles. The van der Waals surface area contributed by atoms with Crippen LogP contribution in [-0.2, 0) is 4.74 Å². The van der Waals surface area contributed by atoms with Crippen molar-refractivity contribution in [2.24, 2.45) is 11.8 Å². The van der Waals surface area contributed by atoms with Gasteiger partial charge in [-0.05, 0) is 51.0 Å². The highest BCUT2D eigenvalue weighted by atomic mass is 16.5. The fourth-order valence-electron chi connectivity index (χ4n) is 3.50. The van der Waals surface area contributed by atoms with Gasteiger partial charge in [0.1, 0.15) is 0 Å². The fraction of sp³-hybridized carbons (Fsp3) is 0.875. The van der Waals surface area contributed by atoms with Gasteiger partial charge in [-0.25, -0.2) is 0 Å². The maximum atomic E-state index is 5.86. The Bertz CT molecular complexity index is 268. The highest BCUT2D eigenvalue weighted by Crippen LogP contribution is 2.27. The van der Waals surface area contributed by atoms with Gasteiger partial charge in [0.2, 0.25) is 0 Å². The third kappa shape index (κ3) is 4.74. The Morgan fingerprint density at radius 1 is 1.33 bits per heavy atom. The summed E-state index contributed by atoms with van der Waals surface area (Å²) in [6, 6.07) is 0. The molecule has 1 fully saturated rings. The van der Waals surface area contributed by atoms with Gasteiger partial charge in [0, 0.05) is 6.54 Å². The van der Waals surface area contributed by atoms with Crippen molar-refractivity contribution in [2.75, 3.05) is 19.7 Å². The molecule has 0 spiro atoms. The molecule has 0 aromatic heterocycles. The van der Waals surface area contributed by atoms with E-state index in [4.69, 9.17) is 4.74 Å². The lowest BCUT2D eigenvalue weighted by molar-refractivity contribution is 0.0599. The quantitative estimate of drug-likeness (QED) is 0.576. The summed E-state index contributed by atoms with van der Waals surface area (Å²) in [5.41, 5.74) is 1.57. The monoisotopic (exact) mass is 251 g/mol. The lowest BCUT2D eigenvalue weighted by Gasteiger charge is -2.25. The average Bonchev–Trinajstić information content (AvgIpc) is 2.80. The Hall–Kier alpha value is -0.340. The van der Waals surface area contributed by atoms with Crippen molar-refractivity contribution in [3.63, 3.8) is 0 Å². The molecule has 2 atom stereocenters. The molecule has 0 radical (unpaired) electrons. The second kappa shape index (κ2) is 7.30. The van der Waals surface area contributed by atoms with E-state index in [-0.39, 0.29) is 0 Å². The molecule has 2 aliphatic rings. The Morgan fingerprint density at radius 2 is 2.11 bits per heavy atom. The molecule has 0 aromatic carbocycles. The minimum atomic E-state index is 0.562. The molecule has 18 heavy (non-hydrogen) atoms. The maximum Gasteiger partial charge on any atom is 0.0594 e. The molecule has 0 aromatic rings. The average molecular weight is 251 g/mol. The molecule has 1 saturated carbocycles. The van der Waals surface area contributed by atoms with E-state index in [0.717, 1.165) is 31.5 Å². The Labute approximate surface area is 112 Å². The fourth-order valence-corrected chi connectivity index (χ4v) is 3.50. The van der Waals surface area contributed by atoms with Gasteiger partial charge in [0.05, 0.1) is 12.7 Å². The third-order valence-electron chi connectivity index (χ3n) is 4.25. The minimum absolute atomic E-state index is 0.562. The van der Waals surface area contributed by atoms with Crippen molar-refractivity contribution in [1.82, 2.24) is 5.32 Å². The van der Waals surface area contributed by atoms with E-state index in [2.05, 4.69) is 25.2 Å². The Kier molecular flexibility index (Phi) is 5.71. The van der Waals surface area contributed by atoms with Crippen molar-refractivity contribution >= 4 is 0 Å². The summed E-state index contributed by atoms with van der Waals surface area (Å²) >= 11 is 0. The smallest absolute Gasteiger partial charge is 0.0594 e. The SMILES string of the molecule is CC1=CC(C)CC(CNCCOC2CCCC2)C1. The Balaban J connectivity index is 1.51. The Morgan fingerprint density at radius 3 is 2.83 bits per heavy atom. The molecule has 0 bridgehead atoms. The summed E-state index contributed by atoms with van der Waals surface area (Å²) in [5, 5.41) is 3.57. The van der Waals surface area contributed by atoms with E-state index in [1.165, 1.54) is 38.5 Å². The molecule has 104 valence electrons. The molecule has 0 aliphatic heterocycles. The van der Waals surface area contributed by atoms with Crippen LogP contribution in [0.5, 0.6) is 0 Å². The minimum Gasteiger partial charge on any atom is -0.377 e. The summed E-state index contributed by atoms with van der Waals surface area (Å²) in [6.07, 6.45) is 10.9. The van der Waals surface area contributed by atoms with Crippen LogP contribution in [0, 0.1) is 11.8 Å². The van der Waals surface area contributed by atoms with Gasteiger partial charge in [-0.15, -0.1) is 0 Å². The van der Waals surface area contributed by atoms with E-state index in [1.807, 2.05) is 0 Å². The van der Waals surface area contributed by atoms with Crippen LogP contribution in [-0.4, -0.2) is 25.8 Å².